The molecule has 0 spiro atoms. The molecule has 0 radical (unpaired) electrons. The first-order chi connectivity index (χ1) is 8.59. The Balaban J connectivity index is 2.01. The number of benzene rings is 1. The summed E-state index contributed by atoms with van der Waals surface area (Å²) in [6, 6.07) is 7.12. The van der Waals surface area contributed by atoms with Gasteiger partial charge >= 0.3 is 0 Å². The minimum absolute atomic E-state index is 0.404. The second kappa shape index (κ2) is 5.85. The average molecular weight is 267 g/mol. The Kier molecular flexibility index (Phi) is 4.40. The summed E-state index contributed by atoms with van der Waals surface area (Å²) in [7, 11) is -3.34. The molecular weight excluding hydrogens is 246 g/mol. The van der Waals surface area contributed by atoms with Gasteiger partial charge in [0.2, 0.25) is 10.0 Å². The molecule has 0 aliphatic heterocycles. The molecule has 18 heavy (non-hydrogen) atoms. The molecule has 1 aromatic rings. The molecule has 1 N–H and O–H groups in total. The van der Waals surface area contributed by atoms with E-state index in [1.54, 1.807) is 12.1 Å². The Bertz CT molecular complexity index is 490. The maximum absolute atomic E-state index is 12.2. The van der Waals surface area contributed by atoms with Crippen molar-refractivity contribution in [3.63, 3.8) is 0 Å². The van der Waals surface area contributed by atoms with Crippen LogP contribution < -0.4 is 4.72 Å². The van der Waals surface area contributed by atoms with Crippen LogP contribution in [0.4, 0.5) is 0 Å². The van der Waals surface area contributed by atoms with Gasteiger partial charge in [0.15, 0.2) is 0 Å². The molecule has 0 unspecified atom stereocenters. The van der Waals surface area contributed by atoms with E-state index in [9.17, 15) is 8.42 Å². The molecule has 100 valence electrons. The lowest BCUT2D eigenvalue weighted by Gasteiger charge is -2.21. The van der Waals surface area contributed by atoms with E-state index in [1.165, 1.54) is 19.3 Å². The van der Waals surface area contributed by atoms with Crippen LogP contribution in [0.5, 0.6) is 0 Å². The first-order valence-electron chi connectivity index (χ1n) is 6.65. The normalized spacial score (nSPS) is 17.8. The number of sulfonamides is 1. The van der Waals surface area contributed by atoms with Gasteiger partial charge in [0.1, 0.15) is 0 Å². The Morgan fingerprint density at radius 3 is 2.50 bits per heavy atom. The van der Waals surface area contributed by atoms with Crippen LogP contribution >= 0.6 is 0 Å². The maximum Gasteiger partial charge on any atom is 0.240 e. The summed E-state index contributed by atoms with van der Waals surface area (Å²) in [5, 5.41) is 0. The fraction of sp³-hybridized carbons (Fsp3) is 0.571. The van der Waals surface area contributed by atoms with Gasteiger partial charge in [-0.05, 0) is 37.3 Å². The van der Waals surface area contributed by atoms with E-state index in [1.807, 2.05) is 19.1 Å². The smallest absolute Gasteiger partial charge is 0.211 e. The van der Waals surface area contributed by atoms with Gasteiger partial charge in [-0.1, -0.05) is 37.5 Å². The molecule has 0 amide bonds. The van der Waals surface area contributed by atoms with Gasteiger partial charge in [-0.15, -0.1) is 0 Å². The number of aryl methyl sites for hydroxylation is 1. The topological polar surface area (TPSA) is 46.2 Å². The molecule has 1 aromatic carbocycles. The quantitative estimate of drug-likeness (QED) is 0.911. The largest absolute Gasteiger partial charge is 0.240 e. The zero-order chi connectivity index (χ0) is 13.0. The van der Waals surface area contributed by atoms with E-state index in [-0.39, 0.29) is 0 Å². The van der Waals surface area contributed by atoms with Crippen molar-refractivity contribution in [1.82, 2.24) is 4.72 Å². The predicted molar refractivity (Wildman–Crippen MR) is 72.9 cm³/mol. The van der Waals surface area contributed by atoms with E-state index < -0.39 is 10.0 Å². The highest BCUT2D eigenvalue weighted by atomic mass is 32.2. The summed E-state index contributed by atoms with van der Waals surface area (Å²) in [4.78, 5) is 0.404. The van der Waals surface area contributed by atoms with Crippen molar-refractivity contribution in [2.45, 2.75) is 43.9 Å². The summed E-state index contributed by atoms with van der Waals surface area (Å²) < 4.78 is 27.1. The third-order valence-corrected chi connectivity index (χ3v) is 5.25. The first kappa shape index (κ1) is 13.6. The number of rotatable bonds is 4. The van der Waals surface area contributed by atoms with E-state index in [4.69, 9.17) is 0 Å². The molecule has 1 fully saturated rings. The molecule has 0 atom stereocenters. The van der Waals surface area contributed by atoms with Gasteiger partial charge < -0.3 is 0 Å². The molecule has 0 aromatic heterocycles. The third kappa shape index (κ3) is 3.33. The number of nitrogens with one attached hydrogen (secondary N) is 1. The highest BCUT2D eigenvalue weighted by molar-refractivity contribution is 7.89. The van der Waals surface area contributed by atoms with Crippen molar-refractivity contribution in [1.29, 1.82) is 0 Å². The van der Waals surface area contributed by atoms with Crippen LogP contribution in [0.25, 0.3) is 0 Å². The van der Waals surface area contributed by atoms with Gasteiger partial charge in [0, 0.05) is 6.54 Å². The summed E-state index contributed by atoms with van der Waals surface area (Å²) in [6.45, 7) is 2.41. The minimum Gasteiger partial charge on any atom is -0.211 e. The molecule has 0 saturated heterocycles. The maximum atomic E-state index is 12.2. The Morgan fingerprint density at radius 1 is 1.17 bits per heavy atom. The van der Waals surface area contributed by atoms with Crippen LogP contribution in [0.3, 0.4) is 0 Å². The van der Waals surface area contributed by atoms with Crippen LogP contribution in [0.15, 0.2) is 29.2 Å². The molecule has 0 bridgehead atoms. The second-order valence-corrected chi connectivity index (χ2v) is 6.86. The lowest BCUT2D eigenvalue weighted by molar-refractivity contribution is 0.357. The Morgan fingerprint density at radius 2 is 1.83 bits per heavy atom. The highest BCUT2D eigenvalue weighted by Gasteiger charge is 2.19. The fourth-order valence-corrected chi connectivity index (χ4v) is 3.91. The van der Waals surface area contributed by atoms with E-state index in [0.717, 1.165) is 18.4 Å². The van der Waals surface area contributed by atoms with Crippen LogP contribution in [0.1, 0.15) is 37.7 Å². The van der Waals surface area contributed by atoms with E-state index in [2.05, 4.69) is 4.72 Å². The summed E-state index contributed by atoms with van der Waals surface area (Å²) in [5.41, 5.74) is 0.800. The summed E-state index contributed by atoms with van der Waals surface area (Å²) in [6.07, 6.45) is 6.06. The molecular formula is C14H21NO2S. The van der Waals surface area contributed by atoms with Crippen molar-refractivity contribution < 1.29 is 8.42 Å². The van der Waals surface area contributed by atoms with Crippen molar-refractivity contribution >= 4 is 10.0 Å². The van der Waals surface area contributed by atoms with Crippen LogP contribution in [-0.4, -0.2) is 15.0 Å². The Hall–Kier alpha value is -0.870. The molecule has 0 heterocycles. The lowest BCUT2D eigenvalue weighted by Crippen LogP contribution is -2.30. The van der Waals surface area contributed by atoms with Gasteiger partial charge in [-0.3, -0.25) is 0 Å². The van der Waals surface area contributed by atoms with E-state index in [0.29, 0.717) is 17.4 Å². The molecule has 1 aliphatic carbocycles. The molecule has 2 rings (SSSR count). The van der Waals surface area contributed by atoms with E-state index >= 15 is 0 Å². The standard InChI is InChI=1S/C14H21NO2S/c1-12-7-5-6-10-14(12)18(16,17)15-11-13-8-3-2-4-9-13/h5-7,10,13,15H,2-4,8-9,11H2,1H3. The van der Waals surface area contributed by atoms with Crippen LogP contribution in [0.2, 0.25) is 0 Å². The number of hydrogen-bond acceptors (Lipinski definition) is 2. The monoisotopic (exact) mass is 267 g/mol. The van der Waals surface area contributed by atoms with Gasteiger partial charge in [-0.25, -0.2) is 13.1 Å². The molecule has 4 heteroatoms. The summed E-state index contributed by atoms with van der Waals surface area (Å²) >= 11 is 0. The zero-order valence-electron chi connectivity index (χ0n) is 10.9. The van der Waals surface area contributed by atoms with Crippen molar-refractivity contribution in [3.05, 3.63) is 29.8 Å². The lowest BCUT2D eigenvalue weighted by atomic mass is 9.90. The van der Waals surface area contributed by atoms with Gasteiger partial charge in [0.25, 0.3) is 0 Å². The molecule has 3 nitrogen and oxygen atoms in total. The molecule has 1 aliphatic rings. The first-order valence-corrected chi connectivity index (χ1v) is 8.13. The fourth-order valence-electron chi connectivity index (χ4n) is 2.55. The third-order valence-electron chi connectivity index (χ3n) is 3.67. The van der Waals surface area contributed by atoms with Crippen LogP contribution in [0, 0.1) is 12.8 Å². The highest BCUT2D eigenvalue weighted by Crippen LogP contribution is 2.23. The number of hydrogen-bond donors (Lipinski definition) is 1. The zero-order valence-corrected chi connectivity index (χ0v) is 11.7. The summed E-state index contributed by atoms with van der Waals surface area (Å²) in [5.74, 6) is 0.512. The van der Waals surface area contributed by atoms with Crippen molar-refractivity contribution in [2.24, 2.45) is 5.92 Å². The predicted octanol–water partition coefficient (Wildman–Crippen LogP) is 2.85. The second-order valence-electron chi connectivity index (χ2n) is 5.12. The van der Waals surface area contributed by atoms with Crippen molar-refractivity contribution in [2.75, 3.05) is 6.54 Å². The molecule has 1 saturated carbocycles. The average Bonchev–Trinajstić information content (AvgIpc) is 2.38. The Labute approximate surface area is 110 Å². The SMILES string of the molecule is Cc1ccccc1S(=O)(=O)NCC1CCCCC1. The van der Waals surface area contributed by atoms with Gasteiger partial charge in [-0.2, -0.15) is 0 Å². The van der Waals surface area contributed by atoms with Crippen LogP contribution in [-0.2, 0) is 10.0 Å². The minimum atomic E-state index is -3.34. The van der Waals surface area contributed by atoms with Crippen molar-refractivity contribution in [3.8, 4) is 0 Å². The van der Waals surface area contributed by atoms with Gasteiger partial charge in [0.05, 0.1) is 4.90 Å².